The normalized spacial score (nSPS) is 11.9. The summed E-state index contributed by atoms with van der Waals surface area (Å²) in [6.45, 7) is 2.61. The lowest BCUT2D eigenvalue weighted by Gasteiger charge is -2.10. The fourth-order valence-electron chi connectivity index (χ4n) is 2.71. The van der Waals surface area contributed by atoms with Crippen LogP contribution in [0.3, 0.4) is 0 Å². The van der Waals surface area contributed by atoms with E-state index in [1.165, 1.54) is 12.4 Å². The molecular weight excluding hydrogens is 380 g/mol. The van der Waals surface area contributed by atoms with Gasteiger partial charge in [-0.05, 0) is 42.3 Å². The van der Waals surface area contributed by atoms with Gasteiger partial charge in [0.05, 0.1) is 5.56 Å². The summed E-state index contributed by atoms with van der Waals surface area (Å²) in [5, 5.41) is 6.53. The molecule has 2 aromatic carbocycles. The number of amides is 1. The van der Waals surface area contributed by atoms with Crippen molar-refractivity contribution >= 4 is 29.1 Å². The molecule has 2 N–H and O–H groups in total. The maximum Gasteiger partial charge on any atom is 0.258 e. The predicted molar refractivity (Wildman–Crippen MR) is 106 cm³/mol. The number of nitrogens with one attached hydrogen (secondary N) is 2. The van der Waals surface area contributed by atoms with Crippen LogP contribution in [0.25, 0.3) is 0 Å². The Hall–Kier alpha value is -3.32. The van der Waals surface area contributed by atoms with E-state index in [2.05, 4.69) is 20.6 Å². The van der Waals surface area contributed by atoms with Crippen LogP contribution >= 0.6 is 11.6 Å². The van der Waals surface area contributed by atoms with Gasteiger partial charge in [-0.1, -0.05) is 23.7 Å². The highest BCUT2D eigenvalue weighted by Gasteiger charge is 2.13. The van der Waals surface area contributed by atoms with Crippen LogP contribution in [-0.2, 0) is 6.54 Å². The van der Waals surface area contributed by atoms with Gasteiger partial charge in [-0.2, -0.15) is 0 Å². The first-order valence-electron chi connectivity index (χ1n) is 8.61. The smallest absolute Gasteiger partial charge is 0.258 e. The van der Waals surface area contributed by atoms with Crippen LogP contribution in [0.15, 0.2) is 48.8 Å². The van der Waals surface area contributed by atoms with Crippen molar-refractivity contribution in [2.24, 2.45) is 0 Å². The Morgan fingerprint density at radius 3 is 2.75 bits per heavy atom. The van der Waals surface area contributed by atoms with Crippen LogP contribution in [0.2, 0.25) is 5.02 Å². The van der Waals surface area contributed by atoms with Crippen LogP contribution in [0.5, 0.6) is 11.5 Å². The van der Waals surface area contributed by atoms with Crippen molar-refractivity contribution in [2.45, 2.75) is 13.5 Å². The number of fused-ring (bicyclic) bond motifs is 1. The molecule has 1 aliphatic heterocycles. The predicted octanol–water partition coefficient (Wildman–Crippen LogP) is 4.03. The van der Waals surface area contributed by atoms with Crippen molar-refractivity contribution in [3.63, 3.8) is 0 Å². The number of hydrogen-bond acceptors (Lipinski definition) is 6. The van der Waals surface area contributed by atoms with Crippen LogP contribution in [-0.4, -0.2) is 22.7 Å². The summed E-state index contributed by atoms with van der Waals surface area (Å²) in [6, 6.07) is 11.1. The SMILES string of the molecule is Cc1c(Cl)cccc1NC(=O)c1cnc(NCc2ccc3c(c2)OCO3)nc1. The Bertz CT molecular complexity index is 1020. The molecule has 0 atom stereocenters. The average Bonchev–Trinajstić information content (AvgIpc) is 3.18. The third-order valence-corrected chi connectivity index (χ3v) is 4.73. The first-order valence-corrected chi connectivity index (χ1v) is 8.99. The van der Waals surface area contributed by atoms with Crippen molar-refractivity contribution < 1.29 is 14.3 Å². The summed E-state index contributed by atoms with van der Waals surface area (Å²) in [4.78, 5) is 20.8. The number of aromatic nitrogens is 2. The molecule has 0 aliphatic carbocycles. The van der Waals surface area contributed by atoms with Gasteiger partial charge in [-0.25, -0.2) is 9.97 Å². The van der Waals surface area contributed by atoms with E-state index in [9.17, 15) is 4.79 Å². The molecule has 7 nitrogen and oxygen atoms in total. The van der Waals surface area contributed by atoms with Crippen molar-refractivity contribution in [1.29, 1.82) is 0 Å². The van der Waals surface area contributed by atoms with Gasteiger partial charge in [-0.15, -0.1) is 0 Å². The van der Waals surface area contributed by atoms with Crippen LogP contribution < -0.4 is 20.1 Å². The summed E-state index contributed by atoms with van der Waals surface area (Å²) in [5.41, 5.74) is 2.82. The first-order chi connectivity index (χ1) is 13.6. The van der Waals surface area contributed by atoms with Crippen molar-refractivity contribution in [1.82, 2.24) is 9.97 Å². The highest BCUT2D eigenvalue weighted by Crippen LogP contribution is 2.32. The summed E-state index contributed by atoms with van der Waals surface area (Å²) in [6.07, 6.45) is 2.95. The summed E-state index contributed by atoms with van der Waals surface area (Å²) < 4.78 is 10.7. The second-order valence-electron chi connectivity index (χ2n) is 6.20. The number of hydrogen-bond donors (Lipinski definition) is 2. The maximum atomic E-state index is 12.4. The quantitative estimate of drug-likeness (QED) is 0.677. The van der Waals surface area contributed by atoms with Gasteiger partial charge in [0.2, 0.25) is 12.7 Å². The zero-order valence-electron chi connectivity index (χ0n) is 15.0. The molecule has 8 heteroatoms. The van der Waals surface area contributed by atoms with E-state index in [-0.39, 0.29) is 12.7 Å². The maximum absolute atomic E-state index is 12.4. The molecule has 0 saturated carbocycles. The third-order valence-electron chi connectivity index (χ3n) is 4.32. The zero-order chi connectivity index (χ0) is 19.5. The average molecular weight is 397 g/mol. The van der Waals surface area contributed by atoms with Gasteiger partial charge < -0.3 is 20.1 Å². The van der Waals surface area contributed by atoms with E-state index in [1.54, 1.807) is 18.2 Å². The molecular formula is C20H17ClN4O3. The topological polar surface area (TPSA) is 85.4 Å². The highest BCUT2D eigenvalue weighted by atomic mass is 35.5. The minimum Gasteiger partial charge on any atom is -0.454 e. The molecule has 28 heavy (non-hydrogen) atoms. The standard InChI is InChI=1S/C20H17ClN4O3/c1-12-15(21)3-2-4-16(12)25-19(26)14-9-23-20(24-10-14)22-8-13-5-6-17-18(7-13)28-11-27-17/h2-7,9-10H,8,11H2,1H3,(H,25,26)(H,22,23,24). The number of anilines is 2. The van der Waals surface area contributed by atoms with E-state index in [1.807, 2.05) is 25.1 Å². The van der Waals surface area contributed by atoms with Gasteiger partial charge in [0.25, 0.3) is 5.91 Å². The second kappa shape index (κ2) is 7.74. The first kappa shape index (κ1) is 18.1. The lowest BCUT2D eigenvalue weighted by molar-refractivity contribution is 0.102. The van der Waals surface area contributed by atoms with Gasteiger partial charge in [0.15, 0.2) is 11.5 Å². The van der Waals surface area contributed by atoms with Gasteiger partial charge in [-0.3, -0.25) is 4.79 Å². The molecule has 0 unspecified atom stereocenters. The van der Waals surface area contributed by atoms with Gasteiger partial charge in [0, 0.05) is 29.6 Å². The molecule has 0 saturated heterocycles. The Morgan fingerprint density at radius 1 is 1.14 bits per heavy atom. The molecule has 0 radical (unpaired) electrons. The number of rotatable bonds is 5. The zero-order valence-corrected chi connectivity index (χ0v) is 15.8. The fraction of sp³-hybridized carbons (Fsp3) is 0.150. The minimum absolute atomic E-state index is 0.244. The number of ether oxygens (including phenoxy) is 2. The Morgan fingerprint density at radius 2 is 1.93 bits per heavy atom. The van der Waals surface area contributed by atoms with Gasteiger partial charge in [0.1, 0.15) is 0 Å². The molecule has 142 valence electrons. The number of halogens is 1. The van der Waals surface area contributed by atoms with Crippen molar-refractivity contribution in [3.05, 3.63) is 70.5 Å². The van der Waals surface area contributed by atoms with Crippen LogP contribution in [0.1, 0.15) is 21.5 Å². The van der Waals surface area contributed by atoms with E-state index < -0.39 is 0 Å². The molecule has 2 heterocycles. The molecule has 0 fully saturated rings. The van der Waals surface area contributed by atoms with Crippen LogP contribution in [0, 0.1) is 6.92 Å². The molecule has 1 amide bonds. The molecule has 0 spiro atoms. The lowest BCUT2D eigenvalue weighted by Crippen LogP contribution is -2.14. The number of benzene rings is 2. The van der Waals surface area contributed by atoms with E-state index in [4.69, 9.17) is 21.1 Å². The van der Waals surface area contributed by atoms with Crippen LogP contribution in [0.4, 0.5) is 11.6 Å². The molecule has 1 aromatic heterocycles. The van der Waals surface area contributed by atoms with Crippen molar-refractivity contribution in [3.8, 4) is 11.5 Å². The molecule has 0 bridgehead atoms. The number of carbonyl (C=O) groups excluding carboxylic acids is 1. The summed E-state index contributed by atoms with van der Waals surface area (Å²) in [7, 11) is 0. The number of nitrogens with zero attached hydrogens (tertiary/aromatic N) is 2. The molecule has 3 aromatic rings. The van der Waals surface area contributed by atoms with E-state index in [0.717, 1.165) is 22.6 Å². The van der Waals surface area contributed by atoms with E-state index in [0.29, 0.717) is 28.8 Å². The second-order valence-corrected chi connectivity index (χ2v) is 6.61. The van der Waals surface area contributed by atoms with E-state index >= 15 is 0 Å². The largest absolute Gasteiger partial charge is 0.454 e. The summed E-state index contributed by atoms with van der Waals surface area (Å²) in [5.74, 6) is 1.59. The fourth-order valence-corrected chi connectivity index (χ4v) is 2.88. The monoisotopic (exact) mass is 396 g/mol. The Labute approximate surface area is 166 Å². The minimum atomic E-state index is -0.298. The number of carbonyl (C=O) groups is 1. The van der Waals surface area contributed by atoms with Crippen molar-refractivity contribution in [2.75, 3.05) is 17.4 Å². The third kappa shape index (κ3) is 3.84. The molecule has 4 rings (SSSR count). The lowest BCUT2D eigenvalue weighted by atomic mass is 10.2. The van der Waals surface area contributed by atoms with Gasteiger partial charge >= 0.3 is 0 Å². The Kier molecular flexibility index (Phi) is 4.99. The molecule has 1 aliphatic rings. The highest BCUT2D eigenvalue weighted by molar-refractivity contribution is 6.31. The Balaban J connectivity index is 1.38. The summed E-state index contributed by atoms with van der Waals surface area (Å²) >= 11 is 6.08.